The third-order valence-electron chi connectivity index (χ3n) is 18.3. The second-order valence-electron chi connectivity index (χ2n) is 26.8. The number of aryl methyl sites for hydroxylation is 8. The molecule has 0 unspecified atom stereocenters. The Labute approximate surface area is 755 Å². The number of nitrogens with two attached hydrogens (primary N) is 1. The van der Waals surface area contributed by atoms with Gasteiger partial charge in [-0.05, 0) is 218 Å². The first kappa shape index (κ1) is 109. The molecule has 0 aliphatic rings. The number of fused-ring (bicyclic) bond motifs is 4. The SMILES string of the molecule is C[NH2+]C.Cc1ccc(P(c2ccc(C)cc2)c2ccc3ccccc3c2)cc1.Cc1ccc(P(c2ccc(C)cc2)c2ccc3ccccc3c2)cc1.Cc1ccc(P(c2ccc(C)cc2)c2ccc3ccccc3c2)cc1.Cc1ccc(P(c2ccc(C)cc2)c2ccc3ccccc3c2)cc1.Cl.[CH3-].[CH3-].[CH3-].[CH3-].[CH3-].[CH3-].[CH3-].[CH3-].[Cl][Ru][Cl].[Cl][Ru][Cl]. The van der Waals surface area contributed by atoms with Crippen LogP contribution in [0.2, 0.25) is 0 Å². The molecule has 0 aliphatic carbocycles. The van der Waals surface area contributed by atoms with Gasteiger partial charge in [0, 0.05) is 0 Å². The molecule has 0 aliphatic heterocycles. The maximum absolute atomic E-state index is 4.85. The van der Waals surface area contributed by atoms with E-state index in [0.717, 1.165) is 0 Å². The Morgan fingerprint density at radius 1 is 0.178 bits per heavy atom. The van der Waals surface area contributed by atoms with E-state index < -0.39 is 31.7 Å². The Kier molecular flexibility index (Phi) is 52.2. The fourth-order valence-electron chi connectivity index (χ4n) is 12.6. The molecule has 12 heteroatoms. The summed E-state index contributed by atoms with van der Waals surface area (Å²) in [7, 11) is 21.2. The van der Waals surface area contributed by atoms with Gasteiger partial charge in [-0.1, -0.05) is 384 Å². The Morgan fingerprint density at radius 3 is 0.398 bits per heavy atom. The fourth-order valence-corrected chi connectivity index (χ4v) is 21.7. The Balaban J connectivity index is 0.000000741. The van der Waals surface area contributed by atoms with Gasteiger partial charge in [-0.15, -0.1) is 12.4 Å². The molecule has 0 bridgehead atoms. The average Bonchev–Trinajstić information content (AvgIpc) is 0.810. The molecule has 0 aromatic heterocycles. The summed E-state index contributed by atoms with van der Waals surface area (Å²) >= 11 is -0.691. The van der Waals surface area contributed by atoms with Crippen LogP contribution in [0.5, 0.6) is 0 Å². The molecule has 0 atom stereocenters. The van der Waals surface area contributed by atoms with Crippen LogP contribution in [-0.2, 0) is 30.3 Å². The summed E-state index contributed by atoms with van der Waals surface area (Å²) in [6.45, 7) is 17.2. The predicted molar refractivity (Wildman–Crippen MR) is 544 cm³/mol. The van der Waals surface area contributed by atoms with Crippen LogP contribution in [0, 0.1) is 115 Å². The number of rotatable bonds is 12. The molecule has 0 radical (unpaired) electrons. The third-order valence-corrected chi connectivity index (χ3v) is 28.0. The molecular formula is C106H117Cl5NP4Ru2-7. The zero-order valence-corrected chi connectivity index (χ0v) is 82.5. The van der Waals surface area contributed by atoms with Gasteiger partial charge in [0.1, 0.15) is 0 Å². The van der Waals surface area contributed by atoms with E-state index in [1.165, 1.54) is 151 Å². The van der Waals surface area contributed by atoms with E-state index in [4.69, 9.17) is 38.8 Å². The molecule has 16 aromatic rings. The van der Waals surface area contributed by atoms with Crippen molar-refractivity contribution in [1.82, 2.24) is 0 Å². The molecule has 0 amide bonds. The maximum atomic E-state index is 4.85. The van der Waals surface area contributed by atoms with E-state index in [0.29, 0.717) is 0 Å². The Bertz CT molecular complexity index is 4600. The number of hydrogen-bond acceptors (Lipinski definition) is 0. The first-order valence-corrected chi connectivity index (χ1v) is 50.5. The summed E-state index contributed by atoms with van der Waals surface area (Å²) in [6.07, 6.45) is 0. The zero-order valence-electron chi connectivity index (χ0n) is 71.6. The van der Waals surface area contributed by atoms with Crippen LogP contribution in [0.3, 0.4) is 0 Å². The van der Waals surface area contributed by atoms with E-state index in [1.54, 1.807) is 0 Å². The number of halogens is 5. The van der Waals surface area contributed by atoms with Gasteiger partial charge in [-0.3, -0.25) is 0 Å². The quantitative estimate of drug-likeness (QED) is 0.0713. The topological polar surface area (TPSA) is 16.6 Å². The first-order valence-electron chi connectivity index (χ1n) is 36.2. The molecule has 16 aromatic carbocycles. The van der Waals surface area contributed by atoms with Crippen LogP contribution >= 0.6 is 82.9 Å². The second-order valence-corrected chi connectivity index (χ2v) is 41.0. The molecule has 0 spiro atoms. The molecule has 624 valence electrons. The van der Waals surface area contributed by atoms with Gasteiger partial charge < -0.3 is 64.7 Å². The normalized spacial score (nSPS) is 9.98. The Hall–Kier alpha value is -7.06. The van der Waals surface area contributed by atoms with E-state index in [9.17, 15) is 0 Å². The van der Waals surface area contributed by atoms with Crippen LogP contribution < -0.4 is 69.0 Å². The van der Waals surface area contributed by atoms with Gasteiger partial charge in [0.05, 0.1) is 14.1 Å². The first-order chi connectivity index (χ1) is 53.1. The van der Waals surface area contributed by atoms with E-state index in [2.05, 4.69) is 419 Å². The number of benzene rings is 16. The van der Waals surface area contributed by atoms with Crippen molar-refractivity contribution in [2.75, 3.05) is 14.1 Å². The summed E-state index contributed by atoms with van der Waals surface area (Å²) in [5.41, 5.74) is 10.5. The molecule has 0 fully saturated rings. The fraction of sp³-hybridized carbons (Fsp3) is 0.0943. The third kappa shape index (κ3) is 31.4. The van der Waals surface area contributed by atoms with Gasteiger partial charge in [-0.2, -0.15) is 0 Å². The van der Waals surface area contributed by atoms with Crippen molar-refractivity contribution in [1.29, 1.82) is 0 Å². The second kappa shape index (κ2) is 56.5. The molecule has 1 nitrogen and oxygen atoms in total. The number of quaternary nitrogens is 1. The van der Waals surface area contributed by atoms with Gasteiger partial charge in [-0.25, -0.2) is 0 Å². The minimum atomic E-state index is -0.544. The summed E-state index contributed by atoms with van der Waals surface area (Å²) in [4.78, 5) is 0. The Morgan fingerprint density at radius 2 is 0.280 bits per heavy atom. The summed E-state index contributed by atoms with van der Waals surface area (Å²) in [5, 5.41) is 29.3. The van der Waals surface area contributed by atoms with Crippen LogP contribution in [0.1, 0.15) is 44.5 Å². The van der Waals surface area contributed by atoms with Crippen LogP contribution in [0.4, 0.5) is 0 Å². The van der Waals surface area contributed by atoms with Crippen molar-refractivity contribution >= 4 is 190 Å². The van der Waals surface area contributed by atoms with E-state index in [-0.39, 0.29) is 102 Å². The van der Waals surface area contributed by atoms with Crippen molar-refractivity contribution in [2.24, 2.45) is 0 Å². The zero-order chi connectivity index (χ0) is 77.0. The predicted octanol–water partition coefficient (Wildman–Crippen LogP) is 26.4. The molecule has 16 rings (SSSR count). The van der Waals surface area contributed by atoms with E-state index >= 15 is 0 Å². The summed E-state index contributed by atoms with van der Waals surface area (Å²) < 4.78 is 0. The van der Waals surface area contributed by atoms with Crippen molar-refractivity contribution in [3.8, 4) is 0 Å². The van der Waals surface area contributed by atoms with Crippen LogP contribution in [0.25, 0.3) is 43.1 Å². The molecular weight excluding hydrogens is 1790 g/mol. The molecule has 2 N–H and O–H groups in total. The molecule has 0 saturated heterocycles. The van der Waals surface area contributed by atoms with Crippen LogP contribution in [-0.4, -0.2) is 14.1 Å². The average molecular weight is 1910 g/mol. The van der Waals surface area contributed by atoms with Crippen molar-refractivity contribution in [3.63, 3.8) is 0 Å². The van der Waals surface area contributed by atoms with Gasteiger partial charge in [0.2, 0.25) is 0 Å². The standard InChI is InChI=1S/4C24H21P.C2H7N.8CH3.5ClH.2Ru/c4*1-18-7-12-22(13-8-18)25(23-14-9-19(2)10-15-23)24-16-11-20-5-3-4-6-21(20)17-24;1-3-2;;;;;;;;;;;;;;;/h4*3-17H,1-2H3;3H,1-2H3;8*1H3;5*1H;;/q;;;;;8*-1;;;;;;2*+2/p-3. The van der Waals surface area contributed by atoms with Crippen molar-refractivity contribution in [3.05, 3.63) is 468 Å². The van der Waals surface area contributed by atoms with Gasteiger partial charge in [0.25, 0.3) is 0 Å². The molecule has 0 saturated carbocycles. The van der Waals surface area contributed by atoms with Crippen molar-refractivity contribution < 1.29 is 35.6 Å². The van der Waals surface area contributed by atoms with Crippen LogP contribution in [0.15, 0.2) is 364 Å². The number of hydrogen-bond donors (Lipinski definition) is 1. The van der Waals surface area contributed by atoms with E-state index in [1.807, 2.05) is 19.4 Å². The van der Waals surface area contributed by atoms with Gasteiger partial charge in [0.15, 0.2) is 0 Å². The molecule has 0 heterocycles. The van der Waals surface area contributed by atoms with Gasteiger partial charge >= 0.3 is 69.1 Å². The van der Waals surface area contributed by atoms with Crippen molar-refractivity contribution in [2.45, 2.75) is 55.4 Å². The minimum absolute atomic E-state index is 0. The monoisotopic (exact) mass is 1910 g/mol. The molecule has 118 heavy (non-hydrogen) atoms. The summed E-state index contributed by atoms with van der Waals surface area (Å²) in [6, 6.07) is 134. The summed E-state index contributed by atoms with van der Waals surface area (Å²) in [5.74, 6) is 0.